The van der Waals surface area contributed by atoms with Crippen LogP contribution in [0.15, 0.2) is 182 Å². The number of aromatic hydroxyl groups is 2. The standard InChI is InChI=1S/2C27H19NO3/c2*29-16-20-15-19-8-2-4-11-23(19)26(27(20)30)25-22-10-3-1-7-18(22)12-13-24(25)31-17-21-9-5-6-14-28-21/h2*1-16,30H,17H2. The Hall–Kier alpha value is -8.36. The zero-order chi connectivity index (χ0) is 42.4. The van der Waals surface area contributed by atoms with Gasteiger partial charge in [-0.3, -0.25) is 19.6 Å². The van der Waals surface area contributed by atoms with Gasteiger partial charge in [0.1, 0.15) is 36.2 Å². The molecule has 0 saturated heterocycles. The first-order chi connectivity index (χ1) is 30.5. The summed E-state index contributed by atoms with van der Waals surface area (Å²) in [7, 11) is 0. The number of aromatic nitrogens is 2. The number of hydrogen-bond acceptors (Lipinski definition) is 8. The molecular formula is C54H38N2O6. The van der Waals surface area contributed by atoms with E-state index in [0.29, 0.717) is 35.2 Å². The summed E-state index contributed by atoms with van der Waals surface area (Å²) in [4.78, 5) is 32.1. The molecule has 8 heteroatoms. The lowest BCUT2D eigenvalue weighted by Gasteiger charge is -2.18. The monoisotopic (exact) mass is 810 g/mol. The maximum Gasteiger partial charge on any atom is 0.153 e. The molecule has 2 heterocycles. The van der Waals surface area contributed by atoms with Crippen LogP contribution in [-0.2, 0) is 13.2 Å². The molecule has 0 aliphatic heterocycles. The number of ether oxygens (including phenoxy) is 2. The number of carbonyl (C=O) groups excluding carboxylic acids is 2. The lowest BCUT2D eigenvalue weighted by Crippen LogP contribution is -2.00. The van der Waals surface area contributed by atoms with Crippen molar-refractivity contribution in [3.63, 3.8) is 0 Å². The third kappa shape index (κ3) is 7.64. The molecule has 10 aromatic rings. The summed E-state index contributed by atoms with van der Waals surface area (Å²) in [5.74, 6) is 1.14. The molecule has 8 aromatic carbocycles. The summed E-state index contributed by atoms with van der Waals surface area (Å²) < 4.78 is 12.4. The Balaban J connectivity index is 0.000000158. The summed E-state index contributed by atoms with van der Waals surface area (Å²) in [6, 6.07) is 53.9. The van der Waals surface area contributed by atoms with E-state index in [1.165, 1.54) is 0 Å². The van der Waals surface area contributed by atoms with E-state index >= 15 is 0 Å². The highest BCUT2D eigenvalue weighted by Crippen LogP contribution is 2.48. The molecule has 2 aromatic heterocycles. The molecule has 0 unspecified atom stereocenters. The second-order valence-electron chi connectivity index (χ2n) is 14.6. The van der Waals surface area contributed by atoms with E-state index in [1.54, 1.807) is 24.5 Å². The zero-order valence-electron chi connectivity index (χ0n) is 33.3. The molecule has 0 aliphatic rings. The quantitative estimate of drug-likeness (QED) is 0.131. The largest absolute Gasteiger partial charge is 0.507 e. The lowest BCUT2D eigenvalue weighted by molar-refractivity contribution is 0.111. The normalized spacial score (nSPS) is 11.0. The van der Waals surface area contributed by atoms with Gasteiger partial charge < -0.3 is 19.7 Å². The SMILES string of the molecule is O=Cc1cc2ccccc2c(-c2c(OCc3ccccn3)ccc3ccccc23)c1O.O=Cc1cc2ccccc2c(-c2c(OCc3ccccn3)ccc3ccccc23)c1O. The van der Waals surface area contributed by atoms with Crippen molar-refractivity contribution >= 4 is 55.7 Å². The molecule has 0 bridgehead atoms. The number of carbonyl (C=O) groups is 2. The van der Waals surface area contributed by atoms with Crippen molar-refractivity contribution in [1.82, 2.24) is 9.97 Å². The van der Waals surface area contributed by atoms with E-state index in [4.69, 9.17) is 9.47 Å². The van der Waals surface area contributed by atoms with Crippen molar-refractivity contribution in [2.45, 2.75) is 13.2 Å². The van der Waals surface area contributed by atoms with Gasteiger partial charge in [-0.25, -0.2) is 0 Å². The number of aldehydes is 2. The zero-order valence-corrected chi connectivity index (χ0v) is 33.3. The highest BCUT2D eigenvalue weighted by molar-refractivity contribution is 6.13. The van der Waals surface area contributed by atoms with Crippen LogP contribution in [0.25, 0.3) is 65.3 Å². The van der Waals surface area contributed by atoms with Gasteiger partial charge in [-0.1, -0.05) is 121 Å². The van der Waals surface area contributed by atoms with Crippen molar-refractivity contribution in [2.24, 2.45) is 0 Å². The van der Waals surface area contributed by atoms with Gasteiger partial charge in [-0.2, -0.15) is 0 Å². The van der Waals surface area contributed by atoms with Crippen molar-refractivity contribution in [1.29, 1.82) is 0 Å². The number of phenolic OH excluding ortho intramolecular Hbond substituents is 2. The Bertz CT molecular complexity index is 3040. The van der Waals surface area contributed by atoms with E-state index in [1.807, 2.05) is 158 Å². The van der Waals surface area contributed by atoms with Gasteiger partial charge in [0.15, 0.2) is 12.6 Å². The highest BCUT2D eigenvalue weighted by atomic mass is 16.5. The van der Waals surface area contributed by atoms with Gasteiger partial charge in [0.25, 0.3) is 0 Å². The van der Waals surface area contributed by atoms with E-state index in [-0.39, 0.29) is 35.8 Å². The number of benzene rings is 8. The summed E-state index contributed by atoms with van der Waals surface area (Å²) in [6.07, 6.45) is 4.83. The highest BCUT2D eigenvalue weighted by Gasteiger charge is 2.22. The van der Waals surface area contributed by atoms with Gasteiger partial charge in [0.2, 0.25) is 0 Å². The van der Waals surface area contributed by atoms with Gasteiger partial charge in [0.05, 0.1) is 22.5 Å². The van der Waals surface area contributed by atoms with Gasteiger partial charge in [-0.05, 0) is 91.6 Å². The van der Waals surface area contributed by atoms with Crippen molar-refractivity contribution in [2.75, 3.05) is 0 Å². The lowest BCUT2D eigenvalue weighted by atomic mass is 9.90. The van der Waals surface area contributed by atoms with Crippen molar-refractivity contribution in [3.8, 4) is 45.3 Å². The van der Waals surface area contributed by atoms with Crippen LogP contribution in [0.2, 0.25) is 0 Å². The minimum absolute atomic E-state index is 0.0484. The summed E-state index contributed by atoms with van der Waals surface area (Å²) >= 11 is 0. The van der Waals surface area contributed by atoms with E-state index in [2.05, 4.69) is 9.97 Å². The molecule has 62 heavy (non-hydrogen) atoms. The predicted molar refractivity (Wildman–Crippen MR) is 245 cm³/mol. The van der Waals surface area contributed by atoms with Crippen LogP contribution in [0.3, 0.4) is 0 Å². The summed E-state index contributed by atoms with van der Waals surface area (Å²) in [6.45, 7) is 0.580. The fourth-order valence-electron chi connectivity index (χ4n) is 7.93. The minimum atomic E-state index is -0.0484. The third-order valence-corrected chi connectivity index (χ3v) is 10.8. The molecule has 0 aliphatic carbocycles. The van der Waals surface area contributed by atoms with Crippen LogP contribution >= 0.6 is 0 Å². The first kappa shape index (κ1) is 39.1. The van der Waals surface area contributed by atoms with Crippen LogP contribution < -0.4 is 9.47 Å². The Labute approximate surface area is 356 Å². The van der Waals surface area contributed by atoms with Crippen molar-refractivity contribution < 1.29 is 29.3 Å². The maximum atomic E-state index is 11.7. The second-order valence-corrected chi connectivity index (χ2v) is 14.6. The molecule has 8 nitrogen and oxygen atoms in total. The molecular weight excluding hydrogens is 773 g/mol. The molecule has 10 rings (SSSR count). The number of phenols is 2. The minimum Gasteiger partial charge on any atom is -0.507 e. The molecule has 0 fully saturated rings. The predicted octanol–water partition coefficient (Wildman–Crippen LogP) is 12.3. The summed E-state index contributed by atoms with van der Waals surface area (Å²) in [5.41, 5.74) is 4.79. The van der Waals surface area contributed by atoms with E-state index < -0.39 is 0 Å². The Morgan fingerprint density at radius 1 is 0.403 bits per heavy atom. The molecule has 0 spiro atoms. The molecule has 0 saturated carbocycles. The van der Waals surface area contributed by atoms with Gasteiger partial charge >= 0.3 is 0 Å². The molecule has 0 radical (unpaired) electrons. The van der Waals surface area contributed by atoms with Crippen molar-refractivity contribution in [3.05, 3.63) is 205 Å². The first-order valence-corrected chi connectivity index (χ1v) is 20.0. The molecule has 2 N–H and O–H groups in total. The van der Waals surface area contributed by atoms with Crippen LogP contribution in [0.1, 0.15) is 32.1 Å². The van der Waals surface area contributed by atoms with E-state index in [9.17, 15) is 19.8 Å². The van der Waals surface area contributed by atoms with E-state index in [0.717, 1.165) is 65.6 Å². The Morgan fingerprint density at radius 2 is 0.758 bits per heavy atom. The fourth-order valence-corrected chi connectivity index (χ4v) is 7.93. The topological polar surface area (TPSA) is 119 Å². The average Bonchev–Trinajstić information content (AvgIpc) is 3.33. The number of hydrogen-bond donors (Lipinski definition) is 2. The fraction of sp³-hybridized carbons (Fsp3) is 0.0370. The average molecular weight is 811 g/mol. The van der Waals surface area contributed by atoms with Gasteiger partial charge in [0, 0.05) is 34.6 Å². The van der Waals surface area contributed by atoms with Crippen LogP contribution in [-0.4, -0.2) is 32.8 Å². The number of fused-ring (bicyclic) bond motifs is 4. The smallest absolute Gasteiger partial charge is 0.153 e. The third-order valence-electron chi connectivity index (χ3n) is 10.8. The number of pyridine rings is 2. The van der Waals surface area contributed by atoms with Crippen LogP contribution in [0.5, 0.6) is 23.0 Å². The Kier molecular flexibility index (Phi) is 11.0. The molecule has 0 atom stereocenters. The molecule has 0 amide bonds. The first-order valence-electron chi connectivity index (χ1n) is 20.0. The number of rotatable bonds is 10. The summed E-state index contributed by atoms with van der Waals surface area (Å²) in [5, 5.41) is 29.6. The Morgan fingerprint density at radius 3 is 1.13 bits per heavy atom. The molecule has 300 valence electrons. The van der Waals surface area contributed by atoms with Gasteiger partial charge in [-0.15, -0.1) is 0 Å². The van der Waals surface area contributed by atoms with Crippen LogP contribution in [0, 0.1) is 0 Å². The number of nitrogens with zero attached hydrogens (tertiary/aromatic N) is 2. The maximum absolute atomic E-state index is 11.7. The second kappa shape index (κ2) is 17.5. The van der Waals surface area contributed by atoms with Crippen LogP contribution in [0.4, 0.5) is 0 Å².